The average Bonchev–Trinajstić information content (AvgIpc) is 3.25. The Morgan fingerprint density at radius 1 is 1.21 bits per heavy atom. The Hall–Kier alpha value is -2.96. The van der Waals surface area contributed by atoms with Crippen LogP contribution in [0.2, 0.25) is 0 Å². The van der Waals surface area contributed by atoms with Crippen LogP contribution in [0.4, 0.5) is 5.82 Å². The lowest BCUT2D eigenvalue weighted by Gasteiger charge is -2.03. The Labute approximate surface area is 139 Å². The predicted octanol–water partition coefficient (Wildman–Crippen LogP) is 3.38. The number of unbranched alkanes of at least 4 members (excludes halogenated alkanes) is 2. The first-order valence-corrected chi connectivity index (χ1v) is 8.09. The van der Waals surface area contributed by atoms with Crippen LogP contribution >= 0.6 is 0 Å². The summed E-state index contributed by atoms with van der Waals surface area (Å²) in [6.07, 6.45) is 5.03. The molecule has 2 heterocycles. The topological polar surface area (TPSA) is 99.3 Å². The van der Waals surface area contributed by atoms with Gasteiger partial charge in [-0.3, -0.25) is 9.89 Å². The van der Waals surface area contributed by atoms with Crippen LogP contribution in [0, 0.1) is 0 Å². The van der Waals surface area contributed by atoms with Crippen molar-refractivity contribution in [3.8, 4) is 22.9 Å². The maximum atomic E-state index is 12.0. The van der Waals surface area contributed by atoms with Crippen molar-refractivity contribution in [1.29, 1.82) is 0 Å². The molecule has 0 spiro atoms. The van der Waals surface area contributed by atoms with Crippen LogP contribution in [0.1, 0.15) is 32.6 Å². The fourth-order valence-electron chi connectivity index (χ4n) is 2.39. The molecular formula is C17H20N6O. The molecule has 1 aromatic carbocycles. The lowest BCUT2D eigenvalue weighted by Crippen LogP contribution is -2.12. The number of hydrogen-bond donors (Lipinski definition) is 3. The van der Waals surface area contributed by atoms with E-state index in [1.807, 2.05) is 30.3 Å². The fraction of sp³-hybridized carbons (Fsp3) is 0.294. The molecule has 0 aliphatic rings. The summed E-state index contributed by atoms with van der Waals surface area (Å²) in [6.45, 7) is 2.11. The summed E-state index contributed by atoms with van der Waals surface area (Å²) in [5, 5.41) is 9.94. The van der Waals surface area contributed by atoms with Crippen molar-refractivity contribution in [3.63, 3.8) is 0 Å². The molecule has 0 unspecified atom stereocenters. The number of imidazole rings is 1. The van der Waals surface area contributed by atoms with E-state index in [2.05, 4.69) is 37.4 Å². The number of carbonyl (C=O) groups excluding carboxylic acids is 1. The number of aromatic nitrogens is 5. The van der Waals surface area contributed by atoms with Gasteiger partial charge in [0.2, 0.25) is 5.91 Å². The number of rotatable bonds is 7. The van der Waals surface area contributed by atoms with Crippen molar-refractivity contribution in [1.82, 2.24) is 25.1 Å². The second-order valence-electron chi connectivity index (χ2n) is 5.51. The fourth-order valence-corrected chi connectivity index (χ4v) is 2.39. The zero-order chi connectivity index (χ0) is 16.8. The van der Waals surface area contributed by atoms with E-state index in [1.54, 1.807) is 0 Å². The Bertz CT molecular complexity index is 792. The molecule has 0 aliphatic carbocycles. The second kappa shape index (κ2) is 7.54. The summed E-state index contributed by atoms with van der Waals surface area (Å²) >= 11 is 0. The Balaban J connectivity index is 1.74. The van der Waals surface area contributed by atoms with E-state index in [1.165, 1.54) is 6.33 Å². The number of aromatic amines is 2. The Morgan fingerprint density at radius 2 is 2.04 bits per heavy atom. The van der Waals surface area contributed by atoms with Crippen molar-refractivity contribution in [2.75, 3.05) is 5.32 Å². The highest BCUT2D eigenvalue weighted by atomic mass is 16.1. The van der Waals surface area contributed by atoms with Gasteiger partial charge in [-0.1, -0.05) is 50.1 Å². The zero-order valence-corrected chi connectivity index (χ0v) is 13.5. The first kappa shape index (κ1) is 15.9. The molecule has 0 aliphatic heterocycles. The Morgan fingerprint density at radius 3 is 2.83 bits per heavy atom. The molecular weight excluding hydrogens is 304 g/mol. The quantitative estimate of drug-likeness (QED) is 0.580. The summed E-state index contributed by atoms with van der Waals surface area (Å²) in [5.74, 6) is 1.56. The summed E-state index contributed by atoms with van der Waals surface area (Å²) < 4.78 is 0. The number of carbonyl (C=O) groups is 1. The molecule has 7 nitrogen and oxygen atoms in total. The minimum Gasteiger partial charge on any atom is -0.340 e. The van der Waals surface area contributed by atoms with Gasteiger partial charge >= 0.3 is 0 Å². The molecule has 0 saturated heterocycles. The van der Waals surface area contributed by atoms with Crippen LogP contribution in [-0.4, -0.2) is 31.1 Å². The molecule has 0 bridgehead atoms. The van der Waals surface area contributed by atoms with Crippen LogP contribution < -0.4 is 5.32 Å². The van der Waals surface area contributed by atoms with Crippen LogP contribution in [0.5, 0.6) is 0 Å². The van der Waals surface area contributed by atoms with Crippen LogP contribution in [0.25, 0.3) is 22.9 Å². The average molecular weight is 324 g/mol. The monoisotopic (exact) mass is 324 g/mol. The van der Waals surface area contributed by atoms with E-state index in [4.69, 9.17) is 0 Å². The number of benzene rings is 1. The molecule has 2 aromatic heterocycles. The lowest BCUT2D eigenvalue weighted by molar-refractivity contribution is -0.116. The summed E-state index contributed by atoms with van der Waals surface area (Å²) in [6, 6.07) is 9.69. The smallest absolute Gasteiger partial charge is 0.225 e. The highest BCUT2D eigenvalue weighted by Crippen LogP contribution is 2.23. The zero-order valence-electron chi connectivity index (χ0n) is 13.5. The van der Waals surface area contributed by atoms with Gasteiger partial charge in [-0.25, -0.2) is 9.97 Å². The normalized spacial score (nSPS) is 10.7. The number of nitrogens with zero attached hydrogens (tertiary/aromatic N) is 3. The predicted molar refractivity (Wildman–Crippen MR) is 92.2 cm³/mol. The minimum absolute atomic E-state index is 0.0420. The maximum Gasteiger partial charge on any atom is 0.225 e. The van der Waals surface area contributed by atoms with E-state index in [9.17, 15) is 4.79 Å². The summed E-state index contributed by atoms with van der Waals surface area (Å²) in [4.78, 5) is 23.6. The molecule has 3 rings (SSSR count). The van der Waals surface area contributed by atoms with Gasteiger partial charge in [0.1, 0.15) is 5.69 Å². The highest BCUT2D eigenvalue weighted by molar-refractivity contribution is 5.92. The van der Waals surface area contributed by atoms with Crippen molar-refractivity contribution in [2.45, 2.75) is 32.6 Å². The molecule has 0 atom stereocenters. The van der Waals surface area contributed by atoms with Gasteiger partial charge in [-0.15, -0.1) is 0 Å². The van der Waals surface area contributed by atoms with Gasteiger partial charge in [0.25, 0.3) is 0 Å². The van der Waals surface area contributed by atoms with Crippen LogP contribution in [0.3, 0.4) is 0 Å². The molecule has 1 amide bonds. The molecule has 24 heavy (non-hydrogen) atoms. The van der Waals surface area contributed by atoms with Crippen molar-refractivity contribution in [2.24, 2.45) is 0 Å². The van der Waals surface area contributed by atoms with Gasteiger partial charge < -0.3 is 10.3 Å². The van der Waals surface area contributed by atoms with Gasteiger partial charge in [-0.05, 0) is 6.42 Å². The second-order valence-corrected chi connectivity index (χ2v) is 5.51. The van der Waals surface area contributed by atoms with E-state index in [0.717, 1.165) is 24.8 Å². The van der Waals surface area contributed by atoms with Gasteiger partial charge in [-0.2, -0.15) is 5.10 Å². The van der Waals surface area contributed by atoms with E-state index < -0.39 is 0 Å². The first-order valence-electron chi connectivity index (χ1n) is 8.09. The van der Waals surface area contributed by atoms with Crippen molar-refractivity contribution in [3.05, 3.63) is 36.7 Å². The van der Waals surface area contributed by atoms with Gasteiger partial charge in [0.15, 0.2) is 17.5 Å². The molecule has 3 aromatic rings. The van der Waals surface area contributed by atoms with Gasteiger partial charge in [0.05, 0.1) is 6.33 Å². The number of nitrogens with one attached hydrogen (secondary N) is 3. The first-order chi connectivity index (χ1) is 11.8. The minimum atomic E-state index is -0.0420. The third-order valence-electron chi connectivity index (χ3n) is 3.66. The largest absolute Gasteiger partial charge is 0.340 e. The van der Waals surface area contributed by atoms with Gasteiger partial charge in [0, 0.05) is 12.0 Å². The molecule has 7 heteroatoms. The highest BCUT2D eigenvalue weighted by Gasteiger charge is 2.15. The Kier molecular flexibility index (Phi) is 5.00. The maximum absolute atomic E-state index is 12.0. The summed E-state index contributed by atoms with van der Waals surface area (Å²) in [5.41, 5.74) is 1.54. The molecule has 0 fully saturated rings. The standard InChI is InChI=1S/C17H20N6O/c1-2-3-5-10-13(24)20-16-14(18-11-19-16)17-21-15(22-23-17)12-8-6-4-7-9-12/h4,6-9,11H,2-3,5,10H2,1H3,(H,18,19)(H,20,24)(H,21,22,23). The van der Waals surface area contributed by atoms with E-state index in [-0.39, 0.29) is 5.91 Å². The van der Waals surface area contributed by atoms with Crippen molar-refractivity contribution < 1.29 is 4.79 Å². The van der Waals surface area contributed by atoms with E-state index in [0.29, 0.717) is 29.6 Å². The molecule has 0 saturated carbocycles. The van der Waals surface area contributed by atoms with Crippen LogP contribution in [0.15, 0.2) is 36.7 Å². The molecule has 0 radical (unpaired) electrons. The number of amides is 1. The SMILES string of the molecule is CCCCCC(=O)Nc1nc[nH]c1-c1nc(-c2ccccc2)n[nH]1. The molecule has 124 valence electrons. The number of H-pyrrole nitrogens is 2. The number of anilines is 1. The molecule has 3 N–H and O–H groups in total. The van der Waals surface area contributed by atoms with E-state index >= 15 is 0 Å². The summed E-state index contributed by atoms with van der Waals surface area (Å²) in [7, 11) is 0. The van der Waals surface area contributed by atoms with Crippen molar-refractivity contribution >= 4 is 11.7 Å². The third kappa shape index (κ3) is 3.68. The third-order valence-corrected chi connectivity index (χ3v) is 3.66. The lowest BCUT2D eigenvalue weighted by atomic mass is 10.2. The van der Waals surface area contributed by atoms with Crippen LogP contribution in [-0.2, 0) is 4.79 Å². The number of hydrogen-bond acceptors (Lipinski definition) is 4.